The molecule has 1 aromatic carbocycles. The molecule has 3 heterocycles. The number of ketones is 1. The predicted octanol–water partition coefficient (Wildman–Crippen LogP) is 2.98. The molecule has 36 heavy (non-hydrogen) atoms. The number of benzene rings is 1. The van der Waals surface area contributed by atoms with Crippen molar-refractivity contribution in [1.82, 2.24) is 24.9 Å². The van der Waals surface area contributed by atoms with Crippen molar-refractivity contribution < 1.29 is 19.1 Å². The molecule has 0 bridgehead atoms. The molecule has 0 unspecified atom stereocenters. The summed E-state index contributed by atoms with van der Waals surface area (Å²) in [4.78, 5) is 33.2. The molecule has 10 heteroatoms. The lowest BCUT2D eigenvalue weighted by Crippen LogP contribution is -2.29. The number of ether oxygens (including phenoxy) is 2. The highest BCUT2D eigenvalue weighted by atomic mass is 16.5. The van der Waals surface area contributed by atoms with Crippen LogP contribution in [0.3, 0.4) is 0 Å². The van der Waals surface area contributed by atoms with E-state index in [4.69, 9.17) is 15.2 Å². The van der Waals surface area contributed by atoms with Crippen LogP contribution in [0.5, 0.6) is 11.6 Å². The van der Waals surface area contributed by atoms with Crippen LogP contribution in [0, 0.1) is 12.8 Å². The number of aromatic nitrogens is 4. The molecule has 184 valence electrons. The van der Waals surface area contributed by atoms with E-state index in [2.05, 4.69) is 20.4 Å². The average molecular weight is 487 g/mol. The molecule has 1 aliphatic rings. The van der Waals surface area contributed by atoms with Gasteiger partial charge in [-0.3, -0.25) is 9.59 Å². The Hall–Kier alpha value is -4.47. The van der Waals surface area contributed by atoms with Gasteiger partial charge in [0.05, 0.1) is 13.7 Å². The van der Waals surface area contributed by atoms with Gasteiger partial charge in [-0.05, 0) is 36.8 Å². The van der Waals surface area contributed by atoms with E-state index in [-0.39, 0.29) is 36.0 Å². The molecule has 10 nitrogen and oxygen atoms in total. The lowest BCUT2D eigenvalue weighted by Gasteiger charge is -2.24. The molecule has 0 radical (unpaired) electrons. The maximum atomic E-state index is 13.2. The monoisotopic (exact) mass is 486 g/mol. The van der Waals surface area contributed by atoms with Crippen LogP contribution >= 0.6 is 0 Å². The lowest BCUT2D eigenvalue weighted by molar-refractivity contribution is -0.127. The number of Topliss-reactive ketones (excluding diaryl/α,β-unsaturated/α-hetero) is 1. The van der Waals surface area contributed by atoms with Crippen molar-refractivity contribution in [2.24, 2.45) is 5.92 Å². The van der Waals surface area contributed by atoms with Gasteiger partial charge in [0.1, 0.15) is 17.1 Å². The van der Waals surface area contributed by atoms with Crippen molar-refractivity contribution in [1.29, 1.82) is 0 Å². The third-order valence-electron chi connectivity index (χ3n) is 6.20. The molecule has 0 spiro atoms. The summed E-state index contributed by atoms with van der Waals surface area (Å²) in [5.74, 6) is 1.31. The summed E-state index contributed by atoms with van der Waals surface area (Å²) in [5.41, 5.74) is 9.74. The van der Waals surface area contributed by atoms with Crippen molar-refractivity contribution >= 4 is 23.3 Å². The second kappa shape index (κ2) is 9.65. The number of rotatable bonds is 8. The summed E-state index contributed by atoms with van der Waals surface area (Å²) in [6.45, 7) is 2.60. The number of hydrogen-bond donors (Lipinski definition) is 2. The number of nitrogen functional groups attached to an aromatic ring is 1. The van der Waals surface area contributed by atoms with Gasteiger partial charge in [-0.25, -0.2) is 9.50 Å². The molecule has 1 fully saturated rings. The molecule has 4 aromatic rings. The standard InChI is InChI=1S/C26H26N6O4/c1-15-20(17-7-8-32-23(11-17)30-26(27)31-32)12-21(25(29-15)35-2)24(34)28-13-18-5-3-4-6-22(18)36-14-16-9-19(33)10-16/h3-8,11-12,16H,9-10,13-14H2,1-2H3,(H2,27,31)(H,28,34). The molecule has 0 atom stereocenters. The first-order chi connectivity index (χ1) is 17.4. The number of hydrogen-bond acceptors (Lipinski definition) is 8. The number of methoxy groups -OCH3 is 1. The topological polar surface area (TPSA) is 134 Å². The van der Waals surface area contributed by atoms with Gasteiger partial charge < -0.3 is 20.5 Å². The van der Waals surface area contributed by atoms with E-state index in [1.807, 2.05) is 43.3 Å². The Labute approximate surface area is 207 Å². The highest BCUT2D eigenvalue weighted by molar-refractivity contribution is 5.98. The Bertz CT molecular complexity index is 1460. The van der Waals surface area contributed by atoms with Crippen molar-refractivity contribution in [2.45, 2.75) is 26.3 Å². The molecule has 3 N–H and O–H groups in total. The smallest absolute Gasteiger partial charge is 0.257 e. The maximum Gasteiger partial charge on any atom is 0.257 e. The molecule has 3 aromatic heterocycles. The normalized spacial score (nSPS) is 13.4. The summed E-state index contributed by atoms with van der Waals surface area (Å²) in [6, 6.07) is 13.0. The van der Waals surface area contributed by atoms with Crippen LogP contribution in [-0.4, -0.2) is 45.0 Å². The number of carbonyl (C=O) groups excluding carboxylic acids is 2. The van der Waals surface area contributed by atoms with Crippen LogP contribution in [-0.2, 0) is 11.3 Å². The predicted molar refractivity (Wildman–Crippen MR) is 133 cm³/mol. The van der Waals surface area contributed by atoms with E-state index in [1.165, 1.54) is 7.11 Å². The number of carbonyl (C=O) groups is 2. The number of aryl methyl sites for hydroxylation is 1. The summed E-state index contributed by atoms with van der Waals surface area (Å²) < 4.78 is 12.9. The second-order valence-corrected chi connectivity index (χ2v) is 8.78. The minimum absolute atomic E-state index is 0.183. The second-order valence-electron chi connectivity index (χ2n) is 8.78. The molecule has 1 amide bonds. The summed E-state index contributed by atoms with van der Waals surface area (Å²) >= 11 is 0. The van der Waals surface area contributed by atoms with Gasteiger partial charge in [0.2, 0.25) is 11.8 Å². The van der Waals surface area contributed by atoms with Gasteiger partial charge in [-0.15, -0.1) is 5.10 Å². The zero-order valence-corrected chi connectivity index (χ0v) is 20.0. The van der Waals surface area contributed by atoms with E-state index < -0.39 is 0 Å². The quantitative estimate of drug-likeness (QED) is 0.388. The van der Waals surface area contributed by atoms with Crippen LogP contribution in [0.15, 0.2) is 48.7 Å². The van der Waals surface area contributed by atoms with Gasteiger partial charge in [0.15, 0.2) is 5.65 Å². The van der Waals surface area contributed by atoms with Crippen molar-refractivity contribution in [3.63, 3.8) is 0 Å². The largest absolute Gasteiger partial charge is 0.493 e. The first-order valence-electron chi connectivity index (χ1n) is 11.6. The number of fused-ring (bicyclic) bond motifs is 1. The van der Waals surface area contributed by atoms with Crippen molar-refractivity contribution in [2.75, 3.05) is 19.5 Å². The third kappa shape index (κ3) is 4.70. The Kier molecular flexibility index (Phi) is 6.24. The number of nitrogens with two attached hydrogens (primary N) is 1. The van der Waals surface area contributed by atoms with Crippen LogP contribution in [0.25, 0.3) is 16.8 Å². The van der Waals surface area contributed by atoms with E-state index >= 15 is 0 Å². The van der Waals surface area contributed by atoms with Crippen LogP contribution in [0.4, 0.5) is 5.95 Å². The molecule has 0 aliphatic heterocycles. The number of anilines is 1. The third-order valence-corrected chi connectivity index (χ3v) is 6.20. The Morgan fingerprint density at radius 1 is 1.19 bits per heavy atom. The van der Waals surface area contributed by atoms with Crippen molar-refractivity contribution in [3.05, 3.63) is 65.5 Å². The molecular weight excluding hydrogens is 460 g/mol. The zero-order valence-electron chi connectivity index (χ0n) is 20.0. The minimum Gasteiger partial charge on any atom is -0.493 e. The van der Waals surface area contributed by atoms with Gasteiger partial charge in [-0.2, -0.15) is 4.98 Å². The fourth-order valence-corrected chi connectivity index (χ4v) is 4.23. The van der Waals surface area contributed by atoms with Gasteiger partial charge in [0, 0.05) is 48.3 Å². The van der Waals surface area contributed by atoms with Gasteiger partial charge in [0.25, 0.3) is 5.91 Å². The van der Waals surface area contributed by atoms with Crippen LogP contribution < -0.4 is 20.5 Å². The Morgan fingerprint density at radius 2 is 2.00 bits per heavy atom. The Balaban J connectivity index is 1.35. The van der Waals surface area contributed by atoms with Gasteiger partial charge in [-0.1, -0.05) is 18.2 Å². The Morgan fingerprint density at radius 3 is 2.78 bits per heavy atom. The minimum atomic E-state index is -0.326. The van der Waals surface area contributed by atoms with Crippen molar-refractivity contribution in [3.8, 4) is 22.8 Å². The fraction of sp³-hybridized carbons (Fsp3) is 0.269. The molecule has 1 aliphatic carbocycles. The molecule has 1 saturated carbocycles. The zero-order chi connectivity index (χ0) is 25.2. The molecule has 0 saturated heterocycles. The number of nitrogens with one attached hydrogen (secondary N) is 1. The molecule has 5 rings (SSSR count). The lowest BCUT2D eigenvalue weighted by atomic mass is 9.85. The van der Waals surface area contributed by atoms with Gasteiger partial charge >= 0.3 is 0 Å². The molecular formula is C26H26N6O4. The number of pyridine rings is 2. The summed E-state index contributed by atoms with van der Waals surface area (Å²) in [5, 5.41) is 7.04. The SMILES string of the molecule is COc1nc(C)c(-c2ccn3nc(N)nc3c2)cc1C(=O)NCc1ccccc1OCC1CC(=O)C1. The first kappa shape index (κ1) is 23.3. The number of amides is 1. The van der Waals surface area contributed by atoms with E-state index in [0.29, 0.717) is 42.1 Å². The summed E-state index contributed by atoms with van der Waals surface area (Å²) in [7, 11) is 1.48. The average Bonchev–Trinajstić information content (AvgIpc) is 3.24. The summed E-state index contributed by atoms with van der Waals surface area (Å²) in [6.07, 6.45) is 2.89. The van der Waals surface area contributed by atoms with Crippen LogP contribution in [0.2, 0.25) is 0 Å². The first-order valence-corrected chi connectivity index (χ1v) is 11.6. The van der Waals surface area contributed by atoms with E-state index in [9.17, 15) is 9.59 Å². The highest BCUT2D eigenvalue weighted by Gasteiger charge is 2.27. The van der Waals surface area contributed by atoms with Crippen LogP contribution in [0.1, 0.15) is 34.5 Å². The van der Waals surface area contributed by atoms with E-state index in [1.54, 1.807) is 16.8 Å². The number of para-hydroxylation sites is 1. The maximum absolute atomic E-state index is 13.2. The highest BCUT2D eigenvalue weighted by Crippen LogP contribution is 2.29. The number of nitrogens with zero attached hydrogens (tertiary/aromatic N) is 4. The fourth-order valence-electron chi connectivity index (χ4n) is 4.23. The van der Waals surface area contributed by atoms with E-state index in [0.717, 1.165) is 16.7 Å².